The van der Waals surface area contributed by atoms with Gasteiger partial charge < -0.3 is 14.4 Å². The highest BCUT2D eigenvalue weighted by Gasteiger charge is 2.28. The van der Waals surface area contributed by atoms with Crippen molar-refractivity contribution in [2.75, 3.05) is 19.1 Å². The zero-order valence-electron chi connectivity index (χ0n) is 13.1. The fraction of sp³-hybridized carbons (Fsp3) is 0.111. The molecule has 0 saturated carbocycles. The highest BCUT2D eigenvalue weighted by molar-refractivity contribution is 6.05. The quantitative estimate of drug-likeness (QED) is 0.630. The van der Waals surface area contributed by atoms with E-state index in [-0.39, 0.29) is 17.0 Å². The lowest BCUT2D eigenvalue weighted by Crippen LogP contribution is -2.27. The Morgan fingerprint density at radius 2 is 1.88 bits per heavy atom. The molecule has 0 spiro atoms. The Bertz CT molecular complexity index is 815. The first-order chi connectivity index (χ1) is 11.5. The Kier molecular flexibility index (Phi) is 5.17. The Hall–Kier alpha value is -3.33. The van der Waals surface area contributed by atoms with Gasteiger partial charge in [0.05, 0.1) is 25.5 Å². The second-order valence-corrected chi connectivity index (χ2v) is 4.63. The third-order valence-corrected chi connectivity index (χ3v) is 3.26. The molecule has 6 heteroatoms. The predicted octanol–water partition coefficient (Wildman–Crippen LogP) is 2.30. The first-order valence-corrected chi connectivity index (χ1v) is 6.84. The van der Waals surface area contributed by atoms with Crippen LogP contribution >= 0.6 is 0 Å². The van der Waals surface area contributed by atoms with Crippen molar-refractivity contribution < 1.29 is 23.5 Å². The van der Waals surface area contributed by atoms with Crippen molar-refractivity contribution in [1.29, 1.82) is 0 Å². The van der Waals surface area contributed by atoms with Gasteiger partial charge in [-0.1, -0.05) is 12.0 Å². The van der Waals surface area contributed by atoms with Crippen LogP contribution in [0.3, 0.4) is 0 Å². The van der Waals surface area contributed by atoms with E-state index in [1.54, 1.807) is 6.08 Å². The number of hydrogen-bond acceptors (Lipinski definition) is 5. The van der Waals surface area contributed by atoms with Crippen LogP contribution in [0.4, 0.5) is 10.1 Å². The van der Waals surface area contributed by atoms with Gasteiger partial charge in [-0.3, -0.25) is 0 Å². The van der Waals surface area contributed by atoms with Gasteiger partial charge in [-0.15, -0.1) is 6.42 Å². The van der Waals surface area contributed by atoms with Gasteiger partial charge in [0, 0.05) is 11.8 Å². The molecule has 0 bridgehead atoms. The third kappa shape index (κ3) is 3.20. The Morgan fingerprint density at radius 1 is 1.17 bits per heavy atom. The molecule has 0 amide bonds. The van der Waals surface area contributed by atoms with Crippen LogP contribution in [0.1, 0.15) is 5.56 Å². The van der Waals surface area contributed by atoms with E-state index in [0.717, 1.165) is 6.07 Å². The van der Waals surface area contributed by atoms with Crippen molar-refractivity contribution in [1.82, 2.24) is 0 Å². The molecule has 2 rings (SSSR count). The van der Waals surface area contributed by atoms with E-state index in [1.807, 2.05) is 0 Å². The molecule has 1 heterocycles. The lowest BCUT2D eigenvalue weighted by Gasteiger charge is -2.23. The number of anilines is 1. The van der Waals surface area contributed by atoms with Crippen LogP contribution in [0, 0.1) is 18.2 Å². The maximum atomic E-state index is 14.4. The van der Waals surface area contributed by atoms with Crippen LogP contribution in [0.25, 0.3) is 0 Å². The summed E-state index contributed by atoms with van der Waals surface area (Å²) in [7, 11) is 2.35. The van der Waals surface area contributed by atoms with E-state index in [1.165, 1.54) is 49.6 Å². The number of hydrogen-bond donors (Lipinski definition) is 0. The molecule has 1 aliphatic heterocycles. The number of allylic oxidation sites excluding steroid dienone is 2. The van der Waals surface area contributed by atoms with E-state index in [2.05, 4.69) is 5.92 Å². The van der Waals surface area contributed by atoms with Crippen molar-refractivity contribution in [2.24, 2.45) is 0 Å². The van der Waals surface area contributed by atoms with Crippen LogP contribution < -0.4 is 4.90 Å². The number of esters is 2. The van der Waals surface area contributed by atoms with Crippen molar-refractivity contribution in [3.05, 3.63) is 65.3 Å². The molecular weight excluding hydrogens is 313 g/mol. The normalized spacial score (nSPS) is 13.3. The van der Waals surface area contributed by atoms with Crippen molar-refractivity contribution >= 4 is 17.6 Å². The lowest BCUT2D eigenvalue weighted by molar-refractivity contribution is -0.139. The minimum atomic E-state index is -0.813. The van der Waals surface area contributed by atoms with Gasteiger partial charge in [-0.05, 0) is 30.4 Å². The zero-order valence-corrected chi connectivity index (χ0v) is 13.1. The number of carbonyl (C=O) groups excluding carboxylic acids is 2. The number of benzene rings is 1. The van der Waals surface area contributed by atoms with Gasteiger partial charge >= 0.3 is 11.9 Å². The molecule has 0 aliphatic carbocycles. The summed E-state index contributed by atoms with van der Waals surface area (Å²) < 4.78 is 23.9. The van der Waals surface area contributed by atoms with E-state index in [0.29, 0.717) is 5.56 Å². The van der Waals surface area contributed by atoms with E-state index in [4.69, 9.17) is 15.9 Å². The third-order valence-electron chi connectivity index (χ3n) is 3.26. The zero-order chi connectivity index (χ0) is 17.7. The first kappa shape index (κ1) is 17.0. The number of ether oxygens (including phenoxy) is 2. The summed E-state index contributed by atoms with van der Waals surface area (Å²) in [6, 6.07) is 4.10. The summed E-state index contributed by atoms with van der Waals surface area (Å²) in [6.45, 7) is 0. The number of nitrogens with zero attached hydrogens (tertiary/aromatic N) is 1. The van der Waals surface area contributed by atoms with Crippen LogP contribution in [0.15, 0.2) is 53.9 Å². The van der Waals surface area contributed by atoms with Gasteiger partial charge in [0.2, 0.25) is 0 Å². The van der Waals surface area contributed by atoms with E-state index < -0.39 is 17.8 Å². The molecule has 0 aromatic heterocycles. The second-order valence-electron chi connectivity index (χ2n) is 4.63. The number of methoxy groups -OCH3 is 2. The standard InChI is InChI=1S/C18H14FNO4/c1-4-12-8-9-15(14(19)11-12)20-10-6-5-7-13(17(21)23-2)16(20)18(22)24-3/h1,5-11H,2-3H3. The fourth-order valence-corrected chi connectivity index (χ4v) is 2.14. The summed E-state index contributed by atoms with van der Waals surface area (Å²) in [5.41, 5.74) is 0.164. The Balaban J connectivity index is 2.68. The monoisotopic (exact) mass is 327 g/mol. The molecular formula is C18H14FNO4. The SMILES string of the molecule is C#Cc1ccc(N2C=CC=CC(C(=O)OC)=C2C(=O)OC)c(F)c1. The van der Waals surface area contributed by atoms with Gasteiger partial charge in [0.1, 0.15) is 11.5 Å². The highest BCUT2D eigenvalue weighted by Crippen LogP contribution is 2.29. The lowest BCUT2D eigenvalue weighted by atomic mass is 10.1. The van der Waals surface area contributed by atoms with Crippen LogP contribution in [-0.2, 0) is 19.1 Å². The number of halogens is 1. The molecule has 0 radical (unpaired) electrons. The summed E-state index contributed by atoms with van der Waals surface area (Å²) >= 11 is 0. The number of rotatable bonds is 3. The topological polar surface area (TPSA) is 55.8 Å². The molecule has 0 saturated heterocycles. The van der Waals surface area contributed by atoms with Gasteiger partial charge in [-0.25, -0.2) is 14.0 Å². The molecule has 1 aliphatic rings. The molecule has 1 aromatic carbocycles. The minimum absolute atomic E-state index is 0.0377. The first-order valence-electron chi connectivity index (χ1n) is 6.84. The van der Waals surface area contributed by atoms with Crippen LogP contribution in [0.5, 0.6) is 0 Å². The molecule has 0 N–H and O–H groups in total. The maximum absolute atomic E-state index is 14.4. The molecule has 0 unspecified atom stereocenters. The number of carbonyl (C=O) groups is 2. The largest absolute Gasteiger partial charge is 0.465 e. The summed E-state index contributed by atoms with van der Waals surface area (Å²) in [4.78, 5) is 25.4. The van der Waals surface area contributed by atoms with Gasteiger partial charge in [0.15, 0.2) is 0 Å². The van der Waals surface area contributed by atoms with Crippen LogP contribution in [-0.4, -0.2) is 26.2 Å². The molecule has 5 nitrogen and oxygen atoms in total. The molecule has 0 atom stereocenters. The smallest absolute Gasteiger partial charge is 0.355 e. The Labute approximate surface area is 138 Å². The van der Waals surface area contributed by atoms with E-state index >= 15 is 0 Å². The summed E-state index contributed by atoms with van der Waals surface area (Å²) in [5.74, 6) is 0.113. The number of terminal acetylenes is 1. The molecule has 122 valence electrons. The average molecular weight is 327 g/mol. The summed E-state index contributed by atoms with van der Waals surface area (Å²) in [5, 5.41) is 0. The molecule has 24 heavy (non-hydrogen) atoms. The maximum Gasteiger partial charge on any atom is 0.355 e. The molecule has 0 fully saturated rings. The second kappa shape index (κ2) is 7.29. The minimum Gasteiger partial charge on any atom is -0.465 e. The van der Waals surface area contributed by atoms with Gasteiger partial charge in [-0.2, -0.15) is 0 Å². The predicted molar refractivity (Wildman–Crippen MR) is 86.2 cm³/mol. The highest BCUT2D eigenvalue weighted by atomic mass is 19.1. The van der Waals surface area contributed by atoms with Gasteiger partial charge in [0.25, 0.3) is 0 Å². The summed E-state index contributed by atoms with van der Waals surface area (Å²) in [6.07, 6.45) is 11.2. The van der Waals surface area contributed by atoms with Crippen molar-refractivity contribution in [3.63, 3.8) is 0 Å². The average Bonchev–Trinajstić information content (AvgIpc) is 2.82. The van der Waals surface area contributed by atoms with Crippen molar-refractivity contribution in [2.45, 2.75) is 0 Å². The van der Waals surface area contributed by atoms with E-state index in [9.17, 15) is 14.0 Å². The fourth-order valence-electron chi connectivity index (χ4n) is 2.14. The van der Waals surface area contributed by atoms with Crippen LogP contribution in [0.2, 0.25) is 0 Å². The Morgan fingerprint density at radius 3 is 2.46 bits per heavy atom. The molecule has 1 aromatic rings. The van der Waals surface area contributed by atoms with Crippen molar-refractivity contribution in [3.8, 4) is 12.3 Å².